The Balaban J connectivity index is 1.63. The average Bonchev–Trinajstić information content (AvgIpc) is 2.95. The number of hydrogen-bond donors (Lipinski definition) is 2. The first-order valence-corrected chi connectivity index (χ1v) is 10.4. The number of hydrogen-bond acceptors (Lipinski definition) is 5. The lowest BCUT2D eigenvalue weighted by molar-refractivity contribution is -0.132. The topological polar surface area (TPSA) is 95.9 Å². The van der Waals surface area contributed by atoms with Crippen LogP contribution >= 0.6 is 23.2 Å². The average molecular weight is 465 g/mol. The van der Waals surface area contributed by atoms with E-state index in [9.17, 15) is 19.5 Å². The number of Topliss-reactive ketones (excluding diaryl/α,β-unsaturated/α-hetero) is 1. The highest BCUT2D eigenvalue weighted by Crippen LogP contribution is 2.35. The van der Waals surface area contributed by atoms with E-state index in [0.717, 1.165) is 4.90 Å². The third-order valence-corrected chi connectivity index (χ3v) is 5.63. The Morgan fingerprint density at radius 2 is 1.87 bits per heavy atom. The number of rotatable bonds is 8. The molecule has 1 aliphatic rings. The lowest BCUT2D eigenvalue weighted by Gasteiger charge is -2.24. The van der Waals surface area contributed by atoms with Gasteiger partial charge in [0, 0.05) is 27.6 Å². The summed E-state index contributed by atoms with van der Waals surface area (Å²) in [5.74, 6) is -0.0566. The molecule has 0 saturated carbocycles. The number of benzene rings is 2. The van der Waals surface area contributed by atoms with E-state index in [4.69, 9.17) is 27.9 Å². The van der Waals surface area contributed by atoms with Gasteiger partial charge in [0.15, 0.2) is 5.78 Å². The number of imide groups is 1. The number of ether oxygens (including phenoxy) is 1. The summed E-state index contributed by atoms with van der Waals surface area (Å²) in [5, 5.41) is 13.6. The van der Waals surface area contributed by atoms with Gasteiger partial charge in [0.2, 0.25) is 0 Å². The zero-order chi connectivity index (χ0) is 22.8. The Labute approximate surface area is 189 Å². The van der Waals surface area contributed by atoms with Crippen LogP contribution in [0.15, 0.2) is 42.5 Å². The van der Waals surface area contributed by atoms with Crippen LogP contribution in [-0.4, -0.2) is 47.0 Å². The summed E-state index contributed by atoms with van der Waals surface area (Å²) in [6, 6.07) is 10.6. The first-order chi connectivity index (χ1) is 14.7. The van der Waals surface area contributed by atoms with E-state index in [-0.39, 0.29) is 24.0 Å². The molecule has 9 heteroatoms. The number of urea groups is 1. The molecule has 3 amide bonds. The molecule has 164 valence electrons. The molecular formula is C22H22Cl2N2O5. The van der Waals surface area contributed by atoms with E-state index in [1.54, 1.807) is 50.2 Å². The van der Waals surface area contributed by atoms with Crippen LogP contribution in [0.4, 0.5) is 4.79 Å². The van der Waals surface area contributed by atoms with Crippen molar-refractivity contribution in [1.29, 1.82) is 0 Å². The van der Waals surface area contributed by atoms with Crippen molar-refractivity contribution in [3.05, 3.63) is 63.6 Å². The molecule has 3 rings (SSSR count). The fourth-order valence-electron chi connectivity index (χ4n) is 3.34. The van der Waals surface area contributed by atoms with Crippen LogP contribution in [0.2, 0.25) is 10.0 Å². The van der Waals surface area contributed by atoms with Gasteiger partial charge < -0.3 is 15.2 Å². The van der Waals surface area contributed by atoms with Gasteiger partial charge in [0.05, 0.1) is 6.54 Å². The quantitative estimate of drug-likeness (QED) is 0.457. The third-order valence-electron chi connectivity index (χ3n) is 5.08. The molecule has 1 heterocycles. The third kappa shape index (κ3) is 4.84. The van der Waals surface area contributed by atoms with Gasteiger partial charge in [-0.15, -0.1) is 0 Å². The largest absolute Gasteiger partial charge is 0.491 e. The molecule has 0 unspecified atom stereocenters. The molecule has 1 fully saturated rings. The van der Waals surface area contributed by atoms with Crippen molar-refractivity contribution in [2.45, 2.75) is 31.9 Å². The van der Waals surface area contributed by atoms with E-state index in [0.29, 0.717) is 28.3 Å². The molecule has 0 spiro atoms. The van der Waals surface area contributed by atoms with Crippen molar-refractivity contribution in [3.8, 4) is 5.75 Å². The summed E-state index contributed by atoms with van der Waals surface area (Å²) in [7, 11) is 0. The summed E-state index contributed by atoms with van der Waals surface area (Å²) in [6.07, 6.45) is -0.708. The van der Waals surface area contributed by atoms with E-state index in [1.807, 2.05) is 0 Å². The van der Waals surface area contributed by atoms with Crippen LogP contribution in [0.3, 0.4) is 0 Å². The highest BCUT2D eigenvalue weighted by Gasteiger charge is 2.50. The highest BCUT2D eigenvalue weighted by atomic mass is 35.5. The standard InChI is InChI=1S/C22H22Cl2N2O5/c1-3-19(28)13-4-7-16(8-5-13)31-12-15(27)11-26-20(29)22(2,25-21(26)30)17-9-6-14(23)10-18(17)24/h4-10,15,27H,3,11-12H2,1-2H3,(H,25,30)/t15-,22-/m1/s1. The van der Waals surface area contributed by atoms with Crippen molar-refractivity contribution in [2.75, 3.05) is 13.2 Å². The second-order valence-corrected chi connectivity index (χ2v) is 8.20. The summed E-state index contributed by atoms with van der Waals surface area (Å²) >= 11 is 12.1. The van der Waals surface area contributed by atoms with Crippen LogP contribution in [0.25, 0.3) is 0 Å². The zero-order valence-electron chi connectivity index (χ0n) is 17.0. The lowest BCUT2D eigenvalue weighted by Crippen LogP contribution is -2.43. The Hall–Kier alpha value is -2.61. The van der Waals surface area contributed by atoms with E-state index in [2.05, 4.69) is 5.32 Å². The summed E-state index contributed by atoms with van der Waals surface area (Å²) in [4.78, 5) is 38.0. The molecule has 2 atom stereocenters. The second-order valence-electron chi connectivity index (χ2n) is 7.36. The van der Waals surface area contributed by atoms with Gasteiger partial charge in [-0.2, -0.15) is 0 Å². The number of β-amino-alcohol motifs (C(OH)–C–C–N with tert-alkyl or cyclic N) is 1. The minimum absolute atomic E-state index is 0.0222. The predicted octanol–water partition coefficient (Wildman–Crippen LogP) is 3.79. The van der Waals surface area contributed by atoms with Crippen molar-refractivity contribution >= 4 is 40.9 Å². The number of carbonyl (C=O) groups excluding carboxylic acids is 3. The molecule has 7 nitrogen and oxygen atoms in total. The van der Waals surface area contributed by atoms with E-state index >= 15 is 0 Å². The van der Waals surface area contributed by atoms with Crippen LogP contribution in [-0.2, 0) is 10.3 Å². The molecule has 0 bridgehead atoms. The molecule has 0 aliphatic carbocycles. The number of halogens is 2. The van der Waals surface area contributed by atoms with Crippen molar-refractivity contribution in [2.24, 2.45) is 0 Å². The van der Waals surface area contributed by atoms with Gasteiger partial charge in [-0.3, -0.25) is 14.5 Å². The van der Waals surface area contributed by atoms with Crippen molar-refractivity contribution in [3.63, 3.8) is 0 Å². The number of aliphatic hydroxyl groups excluding tert-OH is 1. The SMILES string of the molecule is CCC(=O)c1ccc(OC[C@H](O)CN2C(=O)N[C@](C)(c3ccc(Cl)cc3Cl)C2=O)cc1. The maximum absolute atomic E-state index is 13.0. The Morgan fingerprint density at radius 1 is 1.19 bits per heavy atom. The Kier molecular flexibility index (Phi) is 6.89. The molecule has 0 radical (unpaired) electrons. The molecule has 2 aromatic carbocycles. The number of amides is 3. The summed E-state index contributed by atoms with van der Waals surface area (Å²) in [6.45, 7) is 2.93. The molecule has 1 aliphatic heterocycles. The van der Waals surface area contributed by atoms with Crippen LogP contribution in [0, 0.1) is 0 Å². The molecule has 0 aromatic heterocycles. The van der Waals surface area contributed by atoms with Crippen molar-refractivity contribution in [1.82, 2.24) is 10.2 Å². The normalized spacial score (nSPS) is 19.3. The Morgan fingerprint density at radius 3 is 2.48 bits per heavy atom. The lowest BCUT2D eigenvalue weighted by atomic mass is 9.92. The zero-order valence-corrected chi connectivity index (χ0v) is 18.5. The maximum atomic E-state index is 13.0. The molecule has 1 saturated heterocycles. The van der Waals surface area contributed by atoms with Gasteiger partial charge in [-0.25, -0.2) is 4.79 Å². The predicted molar refractivity (Wildman–Crippen MR) is 117 cm³/mol. The number of ketones is 1. The minimum Gasteiger partial charge on any atom is -0.491 e. The van der Waals surface area contributed by atoms with Gasteiger partial charge >= 0.3 is 6.03 Å². The monoisotopic (exact) mass is 464 g/mol. The van der Waals surface area contributed by atoms with Gasteiger partial charge in [0.25, 0.3) is 5.91 Å². The van der Waals surface area contributed by atoms with Gasteiger partial charge in [-0.1, -0.05) is 36.2 Å². The van der Waals surface area contributed by atoms with Crippen LogP contribution < -0.4 is 10.1 Å². The highest BCUT2D eigenvalue weighted by molar-refractivity contribution is 6.35. The molecular weight excluding hydrogens is 443 g/mol. The number of nitrogens with one attached hydrogen (secondary N) is 1. The Bertz CT molecular complexity index is 1010. The van der Waals surface area contributed by atoms with E-state index < -0.39 is 23.6 Å². The van der Waals surface area contributed by atoms with Gasteiger partial charge in [-0.05, 0) is 43.3 Å². The number of carbonyl (C=O) groups is 3. The maximum Gasteiger partial charge on any atom is 0.325 e. The second kappa shape index (κ2) is 9.26. The van der Waals surface area contributed by atoms with E-state index in [1.165, 1.54) is 6.07 Å². The first kappa shape index (κ1) is 23.1. The smallest absolute Gasteiger partial charge is 0.325 e. The first-order valence-electron chi connectivity index (χ1n) is 9.69. The number of aliphatic hydroxyl groups is 1. The van der Waals surface area contributed by atoms with Crippen LogP contribution in [0.1, 0.15) is 36.2 Å². The van der Waals surface area contributed by atoms with Crippen molar-refractivity contribution < 1.29 is 24.2 Å². The fourth-order valence-corrected chi connectivity index (χ4v) is 3.93. The minimum atomic E-state index is -1.37. The van der Waals surface area contributed by atoms with Gasteiger partial charge in [0.1, 0.15) is 24.0 Å². The molecule has 2 N–H and O–H groups in total. The molecule has 2 aromatic rings. The fraction of sp³-hybridized carbons (Fsp3) is 0.318. The molecule has 31 heavy (non-hydrogen) atoms. The number of nitrogens with zero attached hydrogens (tertiary/aromatic N) is 1. The summed E-state index contributed by atoms with van der Waals surface area (Å²) in [5.41, 5.74) is -0.386. The summed E-state index contributed by atoms with van der Waals surface area (Å²) < 4.78 is 5.52. The van der Waals surface area contributed by atoms with Crippen LogP contribution in [0.5, 0.6) is 5.75 Å².